The molecular weight excluding hydrogens is 435 g/mol. The lowest BCUT2D eigenvalue weighted by molar-refractivity contribution is 0.299. The molecule has 4 rings (SSSR count). The van der Waals surface area contributed by atoms with Crippen molar-refractivity contribution in [2.45, 2.75) is 39.0 Å². The maximum absolute atomic E-state index is 4.55. The Morgan fingerprint density at radius 3 is 2.65 bits per heavy atom. The van der Waals surface area contributed by atoms with Crippen molar-refractivity contribution in [1.82, 2.24) is 15.2 Å². The number of H-pyrrole nitrogens is 1. The SMILES string of the molecule is CN=C(NCCc1c[nH]c2cccc(C)c12)N1CC2CCCCC2C1.I. The van der Waals surface area contributed by atoms with Gasteiger partial charge in [0.05, 0.1) is 0 Å². The van der Waals surface area contributed by atoms with Gasteiger partial charge in [0.1, 0.15) is 0 Å². The van der Waals surface area contributed by atoms with Crippen molar-refractivity contribution in [3.8, 4) is 0 Å². The van der Waals surface area contributed by atoms with E-state index in [1.54, 1.807) is 0 Å². The topological polar surface area (TPSA) is 43.4 Å². The van der Waals surface area contributed by atoms with E-state index in [0.29, 0.717) is 0 Å². The largest absolute Gasteiger partial charge is 0.361 e. The Bertz CT molecular complexity index is 752. The second kappa shape index (κ2) is 8.63. The number of likely N-dealkylation sites (tertiary alicyclic amines) is 1. The van der Waals surface area contributed by atoms with Crippen LogP contribution in [0.5, 0.6) is 0 Å². The zero-order chi connectivity index (χ0) is 17.2. The van der Waals surface area contributed by atoms with Crippen LogP contribution in [0.4, 0.5) is 0 Å². The van der Waals surface area contributed by atoms with Crippen LogP contribution in [0.1, 0.15) is 36.8 Å². The highest BCUT2D eigenvalue weighted by Gasteiger charge is 2.35. The molecule has 2 aliphatic rings. The van der Waals surface area contributed by atoms with Gasteiger partial charge in [-0.15, -0.1) is 24.0 Å². The molecule has 2 unspecified atom stereocenters. The highest BCUT2D eigenvalue weighted by Crippen LogP contribution is 2.35. The minimum Gasteiger partial charge on any atom is -0.361 e. The first-order valence-electron chi connectivity index (χ1n) is 9.77. The lowest BCUT2D eigenvalue weighted by atomic mass is 9.82. The monoisotopic (exact) mass is 466 g/mol. The molecule has 1 aliphatic heterocycles. The first-order valence-corrected chi connectivity index (χ1v) is 9.77. The Morgan fingerprint density at radius 2 is 1.96 bits per heavy atom. The number of aryl methyl sites for hydroxylation is 1. The van der Waals surface area contributed by atoms with Crippen molar-refractivity contribution >= 4 is 40.8 Å². The summed E-state index contributed by atoms with van der Waals surface area (Å²) in [4.78, 5) is 10.4. The van der Waals surface area contributed by atoms with Crippen molar-refractivity contribution in [3.63, 3.8) is 0 Å². The summed E-state index contributed by atoms with van der Waals surface area (Å²) >= 11 is 0. The number of halogens is 1. The number of hydrogen-bond donors (Lipinski definition) is 2. The first-order chi connectivity index (χ1) is 12.3. The number of fused-ring (bicyclic) bond motifs is 2. The first kappa shape index (κ1) is 19.5. The standard InChI is InChI=1S/C21H30N4.HI/c1-15-6-5-9-19-20(15)16(12-24-19)10-11-23-21(22-2)25-13-17-7-3-4-8-18(17)14-25;/h5-6,9,12,17-18,24H,3-4,7-8,10-11,13-14H2,1-2H3,(H,22,23);1H. The van der Waals surface area contributed by atoms with E-state index in [9.17, 15) is 0 Å². The zero-order valence-electron chi connectivity index (χ0n) is 15.9. The number of hydrogen-bond acceptors (Lipinski definition) is 1. The van der Waals surface area contributed by atoms with Gasteiger partial charge in [-0.1, -0.05) is 25.0 Å². The van der Waals surface area contributed by atoms with E-state index in [2.05, 4.69) is 51.5 Å². The van der Waals surface area contributed by atoms with E-state index >= 15 is 0 Å². The smallest absolute Gasteiger partial charge is 0.193 e. The Kier molecular flexibility index (Phi) is 6.48. The van der Waals surface area contributed by atoms with Gasteiger partial charge in [0.2, 0.25) is 0 Å². The van der Waals surface area contributed by atoms with Crippen LogP contribution in [0.15, 0.2) is 29.4 Å². The fourth-order valence-corrected chi connectivity index (χ4v) is 4.87. The molecule has 0 amide bonds. The van der Waals surface area contributed by atoms with Crippen LogP contribution in [0.2, 0.25) is 0 Å². The predicted octanol–water partition coefficient (Wildman–Crippen LogP) is 4.33. The Labute approximate surface area is 173 Å². The number of guanidine groups is 1. The van der Waals surface area contributed by atoms with Crippen LogP contribution in [0.25, 0.3) is 10.9 Å². The summed E-state index contributed by atoms with van der Waals surface area (Å²) in [7, 11) is 1.92. The van der Waals surface area contributed by atoms with E-state index in [1.807, 2.05) is 7.05 Å². The van der Waals surface area contributed by atoms with Gasteiger partial charge in [0.25, 0.3) is 0 Å². The Morgan fingerprint density at radius 1 is 1.23 bits per heavy atom. The third-order valence-electron chi connectivity index (χ3n) is 6.16. The zero-order valence-corrected chi connectivity index (χ0v) is 18.3. The summed E-state index contributed by atoms with van der Waals surface area (Å²) in [5.41, 5.74) is 3.98. The molecule has 1 aromatic carbocycles. The molecule has 0 radical (unpaired) electrons. The number of aliphatic imine (C=N–C) groups is 1. The van der Waals surface area contributed by atoms with Crippen molar-refractivity contribution in [3.05, 3.63) is 35.5 Å². The van der Waals surface area contributed by atoms with Crippen molar-refractivity contribution in [2.24, 2.45) is 16.8 Å². The van der Waals surface area contributed by atoms with E-state index in [0.717, 1.165) is 30.8 Å². The van der Waals surface area contributed by atoms with Gasteiger partial charge in [-0.05, 0) is 55.2 Å². The molecule has 1 saturated carbocycles. The van der Waals surface area contributed by atoms with Gasteiger partial charge in [0, 0.05) is 43.8 Å². The predicted molar refractivity (Wildman–Crippen MR) is 121 cm³/mol. The molecule has 0 bridgehead atoms. The van der Waals surface area contributed by atoms with Crippen molar-refractivity contribution in [1.29, 1.82) is 0 Å². The van der Waals surface area contributed by atoms with Crippen LogP contribution in [0, 0.1) is 18.8 Å². The number of nitrogens with one attached hydrogen (secondary N) is 2. The highest BCUT2D eigenvalue weighted by atomic mass is 127. The average molecular weight is 466 g/mol. The van der Waals surface area contributed by atoms with Gasteiger partial charge in [0.15, 0.2) is 5.96 Å². The van der Waals surface area contributed by atoms with E-state index in [4.69, 9.17) is 0 Å². The average Bonchev–Trinajstić information content (AvgIpc) is 3.23. The lowest BCUT2D eigenvalue weighted by Crippen LogP contribution is -2.41. The third kappa shape index (κ3) is 3.87. The lowest BCUT2D eigenvalue weighted by Gasteiger charge is -2.22. The number of aromatic nitrogens is 1. The summed E-state index contributed by atoms with van der Waals surface area (Å²) in [6, 6.07) is 6.47. The molecule has 0 spiro atoms. The van der Waals surface area contributed by atoms with Crippen LogP contribution < -0.4 is 5.32 Å². The van der Waals surface area contributed by atoms with E-state index in [1.165, 1.54) is 60.8 Å². The second-order valence-corrected chi connectivity index (χ2v) is 7.74. The summed E-state index contributed by atoms with van der Waals surface area (Å²) in [5, 5.41) is 4.99. The molecule has 2 atom stereocenters. The maximum atomic E-state index is 4.55. The second-order valence-electron chi connectivity index (χ2n) is 7.74. The quantitative estimate of drug-likeness (QED) is 0.402. The molecular formula is C21H31IN4. The summed E-state index contributed by atoms with van der Waals surface area (Å²) in [6.45, 7) is 5.50. The van der Waals surface area contributed by atoms with Crippen LogP contribution in [0.3, 0.4) is 0 Å². The number of rotatable bonds is 3. The third-order valence-corrected chi connectivity index (χ3v) is 6.16. The van der Waals surface area contributed by atoms with Crippen molar-refractivity contribution in [2.75, 3.05) is 26.7 Å². The summed E-state index contributed by atoms with van der Waals surface area (Å²) in [5.74, 6) is 2.87. The van der Waals surface area contributed by atoms with Crippen molar-refractivity contribution < 1.29 is 0 Å². The molecule has 5 heteroatoms. The minimum atomic E-state index is 0. The molecule has 2 fully saturated rings. The van der Waals surface area contributed by atoms with Gasteiger partial charge < -0.3 is 15.2 Å². The van der Waals surface area contributed by atoms with Gasteiger partial charge in [-0.3, -0.25) is 4.99 Å². The van der Waals surface area contributed by atoms with Crippen LogP contribution in [-0.2, 0) is 6.42 Å². The van der Waals surface area contributed by atoms with E-state index < -0.39 is 0 Å². The molecule has 2 heterocycles. The normalized spacial score (nSPS) is 23.0. The fraction of sp³-hybridized carbons (Fsp3) is 0.571. The van der Waals surface area contributed by atoms with Crippen LogP contribution in [-0.4, -0.2) is 42.5 Å². The van der Waals surface area contributed by atoms with Gasteiger partial charge in [-0.2, -0.15) is 0 Å². The Balaban J connectivity index is 0.00000196. The molecule has 1 saturated heterocycles. The fourth-order valence-electron chi connectivity index (χ4n) is 4.87. The molecule has 142 valence electrons. The minimum absolute atomic E-state index is 0. The number of benzene rings is 1. The molecule has 1 aliphatic carbocycles. The highest BCUT2D eigenvalue weighted by molar-refractivity contribution is 14.0. The Hall–Kier alpha value is -1.24. The molecule has 2 aromatic rings. The summed E-state index contributed by atoms with van der Waals surface area (Å²) in [6.07, 6.45) is 8.83. The summed E-state index contributed by atoms with van der Waals surface area (Å²) < 4.78 is 0. The van der Waals surface area contributed by atoms with Gasteiger partial charge >= 0.3 is 0 Å². The van der Waals surface area contributed by atoms with Crippen LogP contribution >= 0.6 is 24.0 Å². The molecule has 26 heavy (non-hydrogen) atoms. The maximum Gasteiger partial charge on any atom is 0.193 e. The van der Waals surface area contributed by atoms with E-state index in [-0.39, 0.29) is 24.0 Å². The van der Waals surface area contributed by atoms with Gasteiger partial charge in [-0.25, -0.2) is 0 Å². The molecule has 1 aromatic heterocycles. The molecule has 2 N–H and O–H groups in total. The molecule has 4 nitrogen and oxygen atoms in total. The number of aromatic amines is 1. The number of nitrogens with zero attached hydrogens (tertiary/aromatic N) is 2.